The number of esters is 1. The Kier molecular flexibility index (Phi) is 11.4. The van der Waals surface area contributed by atoms with Crippen molar-refractivity contribution in [1.29, 1.82) is 0 Å². The van der Waals surface area contributed by atoms with E-state index in [-0.39, 0.29) is 12.0 Å². The van der Waals surface area contributed by atoms with Crippen molar-refractivity contribution in [2.24, 2.45) is 11.7 Å². The van der Waals surface area contributed by atoms with Gasteiger partial charge in [-0.15, -0.1) is 13.2 Å². The van der Waals surface area contributed by atoms with Gasteiger partial charge in [-0.3, -0.25) is 4.90 Å². The molecule has 0 bridgehead atoms. The zero-order valence-corrected chi connectivity index (χ0v) is 22.8. The highest BCUT2D eigenvalue weighted by molar-refractivity contribution is 5.83. The van der Waals surface area contributed by atoms with Crippen LogP contribution in [0.5, 0.6) is 0 Å². The van der Waals surface area contributed by atoms with Crippen molar-refractivity contribution < 1.29 is 28.6 Å². The summed E-state index contributed by atoms with van der Waals surface area (Å²) < 4.78 is 15.7. The number of allylic oxidation sites excluding steroid dienone is 1. The van der Waals surface area contributed by atoms with Gasteiger partial charge in [0, 0.05) is 6.04 Å². The van der Waals surface area contributed by atoms with Gasteiger partial charge >= 0.3 is 18.2 Å². The van der Waals surface area contributed by atoms with Crippen molar-refractivity contribution in [1.82, 2.24) is 4.90 Å². The molecule has 2 N–H and O–H groups in total. The highest BCUT2D eigenvalue weighted by atomic mass is 16.6. The first-order valence-corrected chi connectivity index (χ1v) is 11.7. The number of nitrogens with two attached hydrogens (primary N) is 1. The van der Waals surface area contributed by atoms with E-state index in [0.29, 0.717) is 12.8 Å². The van der Waals surface area contributed by atoms with E-state index in [9.17, 15) is 14.4 Å². The van der Waals surface area contributed by atoms with Crippen LogP contribution in [-0.2, 0) is 19.0 Å². The minimum atomic E-state index is -0.725. The topological polar surface area (TPSA) is 108 Å². The third kappa shape index (κ3) is 12.7. The van der Waals surface area contributed by atoms with Crippen LogP contribution in [0.2, 0.25) is 0 Å². The minimum Gasteiger partial charge on any atom is -0.458 e. The smallest absolute Gasteiger partial charge is 0.411 e. The highest BCUT2D eigenvalue weighted by Crippen LogP contribution is 2.36. The lowest BCUT2D eigenvalue weighted by Crippen LogP contribution is -2.49. The largest absolute Gasteiger partial charge is 0.458 e. The lowest BCUT2D eigenvalue weighted by atomic mass is 9.94. The summed E-state index contributed by atoms with van der Waals surface area (Å²) in [5.41, 5.74) is 4.05. The third-order valence-corrected chi connectivity index (χ3v) is 4.54. The van der Waals surface area contributed by atoms with Gasteiger partial charge in [0.05, 0.1) is 0 Å². The van der Waals surface area contributed by atoms with Gasteiger partial charge in [-0.25, -0.2) is 14.4 Å². The standard InChI is InChI=1S/C21H35NO4.C5H11NO2/c1-10-15-13-17(18(23)25-20(4,5)6)22(16(15)12-11-14(2)3)19(24)26-21(7,8)9;1-5(2,3)8-4(6)7/h10,15-17H,1-2,11-13H2,3-9H3;1-3H3,(H2,6,7)/t15-,16-,17-;/m1./s1. The Morgan fingerprint density at radius 3 is 1.74 bits per heavy atom. The Morgan fingerprint density at radius 2 is 1.41 bits per heavy atom. The number of carbonyl (C=O) groups excluding carboxylic acids is 3. The molecule has 0 saturated carbocycles. The summed E-state index contributed by atoms with van der Waals surface area (Å²) in [4.78, 5) is 37.2. The first-order chi connectivity index (χ1) is 15.2. The van der Waals surface area contributed by atoms with E-state index in [0.717, 1.165) is 12.0 Å². The highest BCUT2D eigenvalue weighted by Gasteiger charge is 2.48. The molecule has 1 aliphatic rings. The van der Waals surface area contributed by atoms with Gasteiger partial charge in [0.25, 0.3) is 0 Å². The number of rotatable bonds is 5. The first kappa shape index (κ1) is 31.5. The molecular weight excluding hydrogens is 436 g/mol. The molecule has 0 aromatic carbocycles. The van der Waals surface area contributed by atoms with Gasteiger partial charge in [0.15, 0.2) is 0 Å². The Hall–Kier alpha value is -2.51. The second kappa shape index (κ2) is 12.3. The van der Waals surface area contributed by atoms with Gasteiger partial charge in [-0.2, -0.15) is 0 Å². The minimum absolute atomic E-state index is 0.0133. The SMILES string of the molecule is C=C[C@@H]1C[C@H](C(=O)OC(C)(C)C)N(C(=O)OC(C)(C)C)[C@@H]1CCC(=C)C.CC(C)(C)OC(N)=O. The predicted molar refractivity (Wildman–Crippen MR) is 134 cm³/mol. The fourth-order valence-electron chi connectivity index (χ4n) is 3.43. The van der Waals surface area contributed by atoms with E-state index in [1.165, 1.54) is 0 Å². The normalized spacial score (nSPS) is 20.5. The molecule has 2 amide bonds. The molecule has 1 aliphatic heterocycles. The summed E-state index contributed by atoms with van der Waals surface area (Å²) in [5, 5.41) is 0. The van der Waals surface area contributed by atoms with Crippen molar-refractivity contribution >= 4 is 18.2 Å². The predicted octanol–water partition coefficient (Wildman–Crippen LogP) is 5.74. The van der Waals surface area contributed by atoms with Crippen LogP contribution in [0, 0.1) is 5.92 Å². The van der Waals surface area contributed by atoms with Crippen molar-refractivity contribution in [2.75, 3.05) is 0 Å². The summed E-state index contributed by atoms with van der Waals surface area (Å²) in [5.74, 6) is -0.382. The van der Waals surface area contributed by atoms with E-state index in [1.807, 2.05) is 54.5 Å². The van der Waals surface area contributed by atoms with Crippen LogP contribution in [0.4, 0.5) is 9.59 Å². The Labute approximate surface area is 205 Å². The number of hydrogen-bond donors (Lipinski definition) is 1. The molecule has 8 nitrogen and oxygen atoms in total. The molecule has 0 aromatic heterocycles. The maximum Gasteiger partial charge on any atom is 0.411 e. The van der Waals surface area contributed by atoms with Crippen molar-refractivity contribution in [3.63, 3.8) is 0 Å². The van der Waals surface area contributed by atoms with Crippen LogP contribution in [0.15, 0.2) is 24.8 Å². The van der Waals surface area contributed by atoms with E-state index >= 15 is 0 Å². The molecule has 0 aliphatic carbocycles. The summed E-state index contributed by atoms with van der Waals surface area (Å²) in [6.45, 7) is 26.0. The number of ether oxygens (including phenoxy) is 3. The molecule has 8 heteroatoms. The van der Waals surface area contributed by atoms with Gasteiger partial charge in [-0.05, 0) is 94.4 Å². The summed E-state index contributed by atoms with van der Waals surface area (Å²) in [7, 11) is 0. The molecule has 0 radical (unpaired) electrons. The quantitative estimate of drug-likeness (QED) is 0.304. The van der Waals surface area contributed by atoms with Crippen LogP contribution in [0.25, 0.3) is 0 Å². The zero-order chi connectivity index (χ0) is 27.1. The summed E-state index contributed by atoms with van der Waals surface area (Å²) in [6, 6.07) is -0.821. The molecule has 0 unspecified atom stereocenters. The molecule has 1 saturated heterocycles. The van der Waals surface area contributed by atoms with E-state index in [1.54, 1.807) is 25.7 Å². The Bertz CT molecular complexity index is 740. The number of amides is 2. The molecule has 0 aromatic rings. The van der Waals surface area contributed by atoms with Crippen molar-refractivity contribution in [2.45, 2.75) is 117 Å². The zero-order valence-electron chi connectivity index (χ0n) is 22.8. The fraction of sp³-hybridized carbons (Fsp3) is 0.731. The van der Waals surface area contributed by atoms with Gasteiger partial charge in [0.1, 0.15) is 22.8 Å². The van der Waals surface area contributed by atoms with E-state index in [4.69, 9.17) is 15.2 Å². The number of hydrogen-bond acceptors (Lipinski definition) is 6. The van der Waals surface area contributed by atoms with Crippen molar-refractivity contribution in [3.05, 3.63) is 24.8 Å². The summed E-state index contributed by atoms with van der Waals surface area (Å²) >= 11 is 0. The molecule has 1 heterocycles. The maximum absolute atomic E-state index is 12.9. The van der Waals surface area contributed by atoms with Crippen LogP contribution in [0.3, 0.4) is 0 Å². The molecule has 3 atom stereocenters. The Morgan fingerprint density at radius 1 is 0.941 bits per heavy atom. The molecule has 34 heavy (non-hydrogen) atoms. The van der Waals surface area contributed by atoms with Crippen LogP contribution < -0.4 is 5.73 Å². The Balaban J connectivity index is 0.00000116. The monoisotopic (exact) mass is 482 g/mol. The van der Waals surface area contributed by atoms with Crippen LogP contribution in [-0.4, -0.2) is 51.9 Å². The lowest BCUT2D eigenvalue weighted by molar-refractivity contribution is -0.160. The average molecular weight is 483 g/mol. The third-order valence-electron chi connectivity index (χ3n) is 4.54. The summed E-state index contributed by atoms with van der Waals surface area (Å²) in [6.07, 6.45) is 2.60. The number of carbonyl (C=O) groups is 3. The molecule has 196 valence electrons. The van der Waals surface area contributed by atoms with E-state index in [2.05, 4.69) is 17.9 Å². The first-order valence-electron chi connectivity index (χ1n) is 11.7. The van der Waals surface area contributed by atoms with E-state index < -0.39 is 41.0 Å². The molecular formula is C26H46N2O6. The molecule has 1 fully saturated rings. The number of nitrogens with zero attached hydrogens (tertiary/aromatic N) is 1. The average Bonchev–Trinajstić information content (AvgIpc) is 2.94. The number of likely N-dealkylation sites (tertiary alicyclic amines) is 1. The number of primary amides is 1. The van der Waals surface area contributed by atoms with Crippen LogP contribution in [0.1, 0.15) is 88.5 Å². The van der Waals surface area contributed by atoms with Gasteiger partial charge < -0.3 is 19.9 Å². The van der Waals surface area contributed by atoms with Crippen LogP contribution >= 0.6 is 0 Å². The second-order valence-corrected chi connectivity index (χ2v) is 11.7. The second-order valence-electron chi connectivity index (χ2n) is 11.7. The molecule has 0 spiro atoms. The van der Waals surface area contributed by atoms with Crippen molar-refractivity contribution in [3.8, 4) is 0 Å². The maximum atomic E-state index is 12.9. The molecule has 1 rings (SSSR count). The lowest BCUT2D eigenvalue weighted by Gasteiger charge is -2.33. The fourth-order valence-corrected chi connectivity index (χ4v) is 3.43. The van der Waals surface area contributed by atoms with Gasteiger partial charge in [0.2, 0.25) is 0 Å². The van der Waals surface area contributed by atoms with Gasteiger partial charge in [-0.1, -0.05) is 11.6 Å².